The topological polar surface area (TPSA) is 55.2 Å². The molecule has 1 aliphatic carbocycles. The first-order chi connectivity index (χ1) is 10.1. The number of nitro benzene ring substituents is 1. The van der Waals surface area contributed by atoms with Gasteiger partial charge in [-0.25, -0.2) is 0 Å². The van der Waals surface area contributed by atoms with Crippen molar-refractivity contribution in [3.8, 4) is 0 Å². The van der Waals surface area contributed by atoms with Gasteiger partial charge in [0.15, 0.2) is 0 Å². The molecule has 1 aliphatic rings. The molecule has 21 heavy (non-hydrogen) atoms. The molecular formula is C17H18N2O2. The Hall–Kier alpha value is -2.20. The lowest BCUT2D eigenvalue weighted by Crippen LogP contribution is -2.22. The van der Waals surface area contributed by atoms with Gasteiger partial charge < -0.3 is 5.32 Å². The van der Waals surface area contributed by atoms with Gasteiger partial charge in [-0.3, -0.25) is 10.1 Å². The van der Waals surface area contributed by atoms with Crippen LogP contribution >= 0.6 is 0 Å². The van der Waals surface area contributed by atoms with Crippen LogP contribution in [0, 0.1) is 10.1 Å². The molecule has 3 atom stereocenters. The maximum atomic E-state index is 10.7. The number of benzene rings is 2. The highest BCUT2D eigenvalue weighted by Crippen LogP contribution is 2.41. The average molecular weight is 282 g/mol. The molecule has 0 aromatic heterocycles. The van der Waals surface area contributed by atoms with Crippen molar-refractivity contribution in [3.05, 3.63) is 75.8 Å². The Balaban J connectivity index is 1.60. The first-order valence-corrected chi connectivity index (χ1v) is 7.20. The zero-order valence-electron chi connectivity index (χ0n) is 11.9. The van der Waals surface area contributed by atoms with Crippen molar-refractivity contribution in [2.24, 2.45) is 0 Å². The third kappa shape index (κ3) is 3.11. The minimum atomic E-state index is -0.367. The van der Waals surface area contributed by atoms with Crippen molar-refractivity contribution < 1.29 is 4.92 Å². The van der Waals surface area contributed by atoms with E-state index >= 15 is 0 Å². The summed E-state index contributed by atoms with van der Waals surface area (Å²) in [5.41, 5.74) is 2.60. The van der Waals surface area contributed by atoms with Gasteiger partial charge in [-0.2, -0.15) is 0 Å². The quantitative estimate of drug-likeness (QED) is 0.670. The van der Waals surface area contributed by atoms with E-state index in [1.807, 2.05) is 18.2 Å². The van der Waals surface area contributed by atoms with E-state index in [0.29, 0.717) is 12.0 Å². The van der Waals surface area contributed by atoms with Crippen LogP contribution in [0.1, 0.15) is 36.4 Å². The van der Waals surface area contributed by atoms with Gasteiger partial charge in [0.1, 0.15) is 0 Å². The molecule has 108 valence electrons. The molecule has 0 spiro atoms. The van der Waals surface area contributed by atoms with E-state index in [4.69, 9.17) is 0 Å². The van der Waals surface area contributed by atoms with Crippen LogP contribution in [-0.2, 0) is 0 Å². The predicted octanol–water partition coefficient (Wildman–Crippen LogP) is 3.80. The van der Waals surface area contributed by atoms with Crippen LogP contribution in [-0.4, -0.2) is 11.0 Å². The Morgan fingerprint density at radius 3 is 2.43 bits per heavy atom. The number of hydrogen-bond acceptors (Lipinski definition) is 3. The minimum absolute atomic E-state index is 0.138. The molecule has 0 bridgehead atoms. The standard InChI is InChI=1S/C17H18N2O2/c1-12(13-7-9-15(10-8-13)19(20)21)18-17-11-16(17)14-5-3-2-4-6-14/h2-10,12,16-18H,11H2,1H3. The summed E-state index contributed by atoms with van der Waals surface area (Å²) in [4.78, 5) is 10.3. The highest BCUT2D eigenvalue weighted by atomic mass is 16.6. The average Bonchev–Trinajstić information content (AvgIpc) is 3.27. The second-order valence-corrected chi connectivity index (χ2v) is 5.60. The molecule has 1 fully saturated rings. The fraction of sp³-hybridized carbons (Fsp3) is 0.294. The summed E-state index contributed by atoms with van der Waals surface area (Å²) in [5, 5.41) is 14.3. The molecule has 0 amide bonds. The van der Waals surface area contributed by atoms with Gasteiger partial charge in [0.05, 0.1) is 4.92 Å². The Bertz CT molecular complexity index is 625. The molecule has 4 heteroatoms. The van der Waals surface area contributed by atoms with Gasteiger partial charge in [-0.1, -0.05) is 42.5 Å². The highest BCUT2D eigenvalue weighted by Gasteiger charge is 2.38. The zero-order valence-corrected chi connectivity index (χ0v) is 11.9. The molecule has 2 aromatic rings. The lowest BCUT2D eigenvalue weighted by Gasteiger charge is -2.14. The molecule has 0 aliphatic heterocycles. The van der Waals surface area contributed by atoms with Gasteiger partial charge in [-0.15, -0.1) is 0 Å². The van der Waals surface area contributed by atoms with Crippen molar-refractivity contribution in [2.75, 3.05) is 0 Å². The second kappa shape index (κ2) is 5.66. The van der Waals surface area contributed by atoms with Crippen LogP contribution < -0.4 is 5.32 Å². The SMILES string of the molecule is CC(NC1CC1c1ccccc1)c1ccc([N+](=O)[O-])cc1. The summed E-state index contributed by atoms with van der Waals surface area (Å²) in [5.74, 6) is 0.590. The van der Waals surface area contributed by atoms with Gasteiger partial charge in [-0.05, 0) is 24.5 Å². The third-order valence-electron chi connectivity index (χ3n) is 4.09. The molecule has 0 heterocycles. The van der Waals surface area contributed by atoms with Crippen molar-refractivity contribution in [1.29, 1.82) is 0 Å². The third-order valence-corrected chi connectivity index (χ3v) is 4.09. The molecule has 0 saturated heterocycles. The number of rotatable bonds is 5. The largest absolute Gasteiger partial charge is 0.307 e. The van der Waals surface area contributed by atoms with Crippen molar-refractivity contribution >= 4 is 5.69 Å². The van der Waals surface area contributed by atoms with E-state index in [-0.39, 0.29) is 16.7 Å². The van der Waals surface area contributed by atoms with E-state index < -0.39 is 0 Å². The molecule has 1 N–H and O–H groups in total. The Labute approximate surface area is 124 Å². The van der Waals surface area contributed by atoms with E-state index in [1.54, 1.807) is 12.1 Å². The summed E-state index contributed by atoms with van der Waals surface area (Å²) < 4.78 is 0. The van der Waals surface area contributed by atoms with Gasteiger partial charge >= 0.3 is 0 Å². The van der Waals surface area contributed by atoms with Crippen LogP contribution in [0.2, 0.25) is 0 Å². The molecule has 2 aromatic carbocycles. The summed E-state index contributed by atoms with van der Waals surface area (Å²) in [6.45, 7) is 2.10. The summed E-state index contributed by atoms with van der Waals surface area (Å²) in [7, 11) is 0. The second-order valence-electron chi connectivity index (χ2n) is 5.60. The van der Waals surface area contributed by atoms with Crippen molar-refractivity contribution in [1.82, 2.24) is 5.32 Å². The molecule has 1 saturated carbocycles. The van der Waals surface area contributed by atoms with Crippen LogP contribution in [0.4, 0.5) is 5.69 Å². The van der Waals surface area contributed by atoms with Crippen molar-refractivity contribution in [2.45, 2.75) is 31.3 Å². The van der Waals surface area contributed by atoms with Crippen molar-refractivity contribution in [3.63, 3.8) is 0 Å². The summed E-state index contributed by atoms with van der Waals surface area (Å²) >= 11 is 0. The predicted molar refractivity (Wildman–Crippen MR) is 82.2 cm³/mol. The van der Waals surface area contributed by atoms with E-state index in [0.717, 1.165) is 12.0 Å². The van der Waals surface area contributed by atoms with Gasteiger partial charge in [0, 0.05) is 30.1 Å². The summed E-state index contributed by atoms with van der Waals surface area (Å²) in [6, 6.07) is 18.0. The molecular weight excluding hydrogens is 264 g/mol. The van der Waals surface area contributed by atoms with E-state index in [1.165, 1.54) is 5.56 Å². The maximum Gasteiger partial charge on any atom is 0.269 e. The fourth-order valence-corrected chi connectivity index (χ4v) is 2.75. The molecule has 4 nitrogen and oxygen atoms in total. The number of hydrogen-bond donors (Lipinski definition) is 1. The van der Waals surface area contributed by atoms with Crippen LogP contribution in [0.5, 0.6) is 0 Å². The zero-order chi connectivity index (χ0) is 14.8. The number of nitrogens with one attached hydrogen (secondary N) is 1. The van der Waals surface area contributed by atoms with Crippen LogP contribution in [0.3, 0.4) is 0 Å². The van der Waals surface area contributed by atoms with Gasteiger partial charge in [0.2, 0.25) is 0 Å². The number of nitrogens with zero attached hydrogens (tertiary/aromatic N) is 1. The summed E-state index contributed by atoms with van der Waals surface area (Å²) in [6.07, 6.45) is 1.15. The smallest absolute Gasteiger partial charge is 0.269 e. The molecule has 3 unspecified atom stereocenters. The normalized spacial score (nSPS) is 21.8. The number of nitro groups is 1. The van der Waals surface area contributed by atoms with E-state index in [2.05, 4.69) is 36.5 Å². The Morgan fingerprint density at radius 2 is 1.81 bits per heavy atom. The Kier molecular flexibility index (Phi) is 3.71. The minimum Gasteiger partial charge on any atom is -0.307 e. The van der Waals surface area contributed by atoms with E-state index in [9.17, 15) is 10.1 Å². The Morgan fingerprint density at radius 1 is 1.14 bits per heavy atom. The first kappa shape index (κ1) is 13.8. The first-order valence-electron chi connectivity index (χ1n) is 7.20. The lowest BCUT2D eigenvalue weighted by molar-refractivity contribution is -0.384. The fourth-order valence-electron chi connectivity index (χ4n) is 2.75. The van der Waals surface area contributed by atoms with Gasteiger partial charge in [0.25, 0.3) is 5.69 Å². The highest BCUT2D eigenvalue weighted by molar-refractivity contribution is 5.34. The number of non-ortho nitro benzene ring substituents is 1. The monoisotopic (exact) mass is 282 g/mol. The maximum absolute atomic E-state index is 10.7. The van der Waals surface area contributed by atoms with Crippen LogP contribution in [0.25, 0.3) is 0 Å². The molecule has 3 rings (SSSR count). The molecule has 0 radical (unpaired) electrons. The lowest BCUT2D eigenvalue weighted by atomic mass is 10.1. The van der Waals surface area contributed by atoms with Crippen LogP contribution in [0.15, 0.2) is 54.6 Å².